The molecular formula is C9H9NO2S2. The fourth-order valence-corrected chi connectivity index (χ4v) is 2.40. The molecule has 0 aliphatic carbocycles. The van der Waals surface area contributed by atoms with E-state index in [-0.39, 0.29) is 0 Å². The zero-order valence-electron chi connectivity index (χ0n) is 7.79. The minimum Gasteiger partial charge on any atom is -0.493 e. The van der Waals surface area contributed by atoms with Crippen LogP contribution in [0.5, 0.6) is 11.5 Å². The maximum absolute atomic E-state index is 5.19. The predicted molar refractivity (Wildman–Crippen MR) is 60.1 cm³/mol. The Morgan fingerprint density at radius 2 is 1.86 bits per heavy atom. The van der Waals surface area contributed by atoms with Gasteiger partial charge in [0.2, 0.25) is 0 Å². The molecule has 0 bridgehead atoms. The van der Waals surface area contributed by atoms with Crippen LogP contribution in [0.25, 0.3) is 10.2 Å². The molecule has 1 aromatic carbocycles. The number of rotatable bonds is 2. The Bertz CT molecular complexity index is 471. The van der Waals surface area contributed by atoms with Gasteiger partial charge in [0, 0.05) is 12.1 Å². The van der Waals surface area contributed by atoms with Crippen molar-refractivity contribution in [2.75, 3.05) is 14.2 Å². The number of hydrogen-bond donors (Lipinski definition) is 1. The fourth-order valence-electron chi connectivity index (χ4n) is 1.28. The van der Waals surface area contributed by atoms with E-state index in [4.69, 9.17) is 21.7 Å². The second-order valence-corrected chi connectivity index (χ2v) is 4.44. The highest BCUT2D eigenvalue weighted by molar-refractivity contribution is 7.73. The molecule has 0 saturated heterocycles. The Kier molecular flexibility index (Phi) is 2.43. The molecule has 5 heteroatoms. The summed E-state index contributed by atoms with van der Waals surface area (Å²) in [6.07, 6.45) is 0. The summed E-state index contributed by atoms with van der Waals surface area (Å²) in [6, 6.07) is 3.81. The number of ether oxygens (including phenoxy) is 2. The van der Waals surface area contributed by atoms with Crippen LogP contribution in [0.3, 0.4) is 0 Å². The Morgan fingerprint density at radius 3 is 2.50 bits per heavy atom. The predicted octanol–water partition coefficient (Wildman–Crippen LogP) is 2.98. The van der Waals surface area contributed by atoms with Crippen LogP contribution in [-0.4, -0.2) is 19.2 Å². The zero-order chi connectivity index (χ0) is 10.1. The number of thiazole rings is 1. The quantitative estimate of drug-likeness (QED) is 0.801. The molecule has 14 heavy (non-hydrogen) atoms. The Labute approximate surface area is 90.3 Å². The van der Waals surface area contributed by atoms with E-state index in [1.165, 1.54) is 11.3 Å². The third kappa shape index (κ3) is 1.49. The first-order chi connectivity index (χ1) is 6.74. The Hall–Kier alpha value is -1.07. The van der Waals surface area contributed by atoms with E-state index in [2.05, 4.69) is 4.98 Å². The van der Waals surface area contributed by atoms with Crippen molar-refractivity contribution in [1.82, 2.24) is 4.98 Å². The van der Waals surface area contributed by atoms with Gasteiger partial charge in [-0.15, -0.1) is 11.3 Å². The minimum absolute atomic E-state index is 0.712. The number of nitrogens with one attached hydrogen (secondary N) is 1. The van der Waals surface area contributed by atoms with Crippen molar-refractivity contribution in [3.63, 3.8) is 0 Å². The van der Waals surface area contributed by atoms with Crippen LogP contribution in [0.15, 0.2) is 12.1 Å². The number of aromatic amines is 1. The first-order valence-electron chi connectivity index (χ1n) is 3.99. The maximum Gasteiger partial charge on any atom is 0.162 e. The van der Waals surface area contributed by atoms with Gasteiger partial charge in [-0.2, -0.15) is 0 Å². The first-order valence-corrected chi connectivity index (χ1v) is 5.22. The van der Waals surface area contributed by atoms with Gasteiger partial charge in [0.1, 0.15) is 0 Å². The molecule has 1 heterocycles. The number of methoxy groups -OCH3 is 2. The monoisotopic (exact) mass is 227 g/mol. The van der Waals surface area contributed by atoms with Crippen molar-refractivity contribution < 1.29 is 9.47 Å². The van der Waals surface area contributed by atoms with Crippen molar-refractivity contribution in [1.29, 1.82) is 0 Å². The number of H-pyrrole nitrogens is 1. The van der Waals surface area contributed by atoms with E-state index < -0.39 is 0 Å². The van der Waals surface area contributed by atoms with Gasteiger partial charge in [-0.25, -0.2) is 0 Å². The van der Waals surface area contributed by atoms with Crippen molar-refractivity contribution in [2.24, 2.45) is 0 Å². The Morgan fingerprint density at radius 1 is 1.21 bits per heavy atom. The average molecular weight is 227 g/mol. The van der Waals surface area contributed by atoms with Gasteiger partial charge >= 0.3 is 0 Å². The molecular weight excluding hydrogens is 218 g/mol. The lowest BCUT2D eigenvalue weighted by molar-refractivity contribution is 0.356. The van der Waals surface area contributed by atoms with Gasteiger partial charge in [0.15, 0.2) is 15.5 Å². The molecule has 1 N–H and O–H groups in total. The molecule has 0 aliphatic rings. The van der Waals surface area contributed by atoms with Gasteiger partial charge < -0.3 is 14.5 Å². The largest absolute Gasteiger partial charge is 0.493 e. The molecule has 0 radical (unpaired) electrons. The standard InChI is InChI=1S/C9H9NO2S2/c1-11-6-3-5-8(4-7(6)12-2)14-9(13)10-5/h3-4H,1-2H3,(H,10,13). The van der Waals surface area contributed by atoms with Crippen molar-refractivity contribution in [3.05, 3.63) is 16.1 Å². The van der Waals surface area contributed by atoms with Crippen molar-refractivity contribution in [3.8, 4) is 11.5 Å². The normalized spacial score (nSPS) is 10.4. The van der Waals surface area contributed by atoms with Crippen LogP contribution in [0.1, 0.15) is 0 Å². The number of fused-ring (bicyclic) bond motifs is 1. The maximum atomic E-state index is 5.19. The lowest BCUT2D eigenvalue weighted by atomic mass is 10.3. The SMILES string of the molecule is COc1cc2[nH]c(=S)sc2cc1OC. The van der Waals surface area contributed by atoms with Gasteiger partial charge in [0.25, 0.3) is 0 Å². The molecule has 0 fully saturated rings. The van der Waals surface area contributed by atoms with Gasteiger partial charge in [-0.05, 0) is 12.2 Å². The summed E-state index contributed by atoms with van der Waals surface area (Å²) in [5.41, 5.74) is 0.984. The summed E-state index contributed by atoms with van der Waals surface area (Å²) in [7, 11) is 3.24. The molecule has 1 aromatic heterocycles. The molecule has 0 saturated carbocycles. The van der Waals surface area contributed by atoms with E-state index in [1.807, 2.05) is 12.1 Å². The third-order valence-electron chi connectivity index (χ3n) is 1.93. The summed E-state index contributed by atoms with van der Waals surface area (Å²) in [5.74, 6) is 1.44. The number of benzene rings is 1. The molecule has 0 spiro atoms. The number of aromatic nitrogens is 1. The number of hydrogen-bond acceptors (Lipinski definition) is 4. The van der Waals surface area contributed by atoms with E-state index in [1.54, 1.807) is 14.2 Å². The highest BCUT2D eigenvalue weighted by atomic mass is 32.1. The minimum atomic E-state index is 0.712. The lowest BCUT2D eigenvalue weighted by Crippen LogP contribution is -1.89. The molecule has 0 amide bonds. The second kappa shape index (κ2) is 3.59. The highest BCUT2D eigenvalue weighted by Gasteiger charge is 2.06. The molecule has 74 valence electrons. The molecule has 0 atom stereocenters. The van der Waals surface area contributed by atoms with Crippen molar-refractivity contribution >= 4 is 33.8 Å². The lowest BCUT2D eigenvalue weighted by Gasteiger charge is -2.06. The van der Waals surface area contributed by atoms with E-state index in [0.29, 0.717) is 5.75 Å². The zero-order valence-corrected chi connectivity index (χ0v) is 9.42. The van der Waals surface area contributed by atoms with Crippen LogP contribution in [-0.2, 0) is 0 Å². The summed E-state index contributed by atoms with van der Waals surface area (Å²) >= 11 is 6.58. The van der Waals surface area contributed by atoms with E-state index >= 15 is 0 Å². The molecule has 3 nitrogen and oxygen atoms in total. The van der Waals surface area contributed by atoms with Crippen LogP contribution >= 0.6 is 23.6 Å². The first kappa shape index (κ1) is 9.48. The van der Waals surface area contributed by atoms with Crippen LogP contribution in [0, 0.1) is 3.95 Å². The topological polar surface area (TPSA) is 34.2 Å². The van der Waals surface area contributed by atoms with Crippen molar-refractivity contribution in [2.45, 2.75) is 0 Å². The van der Waals surface area contributed by atoms with Gasteiger partial charge in [0.05, 0.1) is 24.4 Å². The highest BCUT2D eigenvalue weighted by Crippen LogP contribution is 2.33. The summed E-state index contributed by atoms with van der Waals surface area (Å²) < 4.78 is 12.2. The van der Waals surface area contributed by atoms with Gasteiger partial charge in [-0.1, -0.05) is 0 Å². The second-order valence-electron chi connectivity index (χ2n) is 2.72. The smallest absolute Gasteiger partial charge is 0.162 e. The summed E-state index contributed by atoms with van der Waals surface area (Å²) in [4.78, 5) is 3.08. The van der Waals surface area contributed by atoms with Crippen LogP contribution < -0.4 is 9.47 Å². The average Bonchev–Trinajstić information content (AvgIpc) is 2.54. The Balaban J connectivity index is 2.74. The molecule has 2 rings (SSSR count). The summed E-state index contributed by atoms with van der Waals surface area (Å²) in [5, 5.41) is 0. The van der Waals surface area contributed by atoms with Crippen LogP contribution in [0.2, 0.25) is 0 Å². The fraction of sp³-hybridized carbons (Fsp3) is 0.222. The van der Waals surface area contributed by atoms with Gasteiger partial charge in [-0.3, -0.25) is 0 Å². The molecule has 2 aromatic rings. The molecule has 0 aliphatic heterocycles. The van der Waals surface area contributed by atoms with E-state index in [9.17, 15) is 0 Å². The third-order valence-corrected chi connectivity index (χ3v) is 3.12. The van der Waals surface area contributed by atoms with Crippen LogP contribution in [0.4, 0.5) is 0 Å². The summed E-state index contributed by atoms with van der Waals surface area (Å²) in [6.45, 7) is 0. The molecule has 0 unspecified atom stereocenters. The van der Waals surface area contributed by atoms with E-state index in [0.717, 1.165) is 19.9 Å².